The van der Waals surface area contributed by atoms with Gasteiger partial charge < -0.3 is 13.7 Å². The van der Waals surface area contributed by atoms with Crippen molar-refractivity contribution >= 4 is 82.5 Å². The highest BCUT2D eigenvalue weighted by Crippen LogP contribution is 2.43. The minimum atomic E-state index is 0.863. The second-order valence-corrected chi connectivity index (χ2v) is 12.1. The Morgan fingerprint density at radius 2 is 0.851 bits per heavy atom. The lowest BCUT2D eigenvalue weighted by atomic mass is 9.93. The van der Waals surface area contributed by atoms with Crippen molar-refractivity contribution in [2.24, 2.45) is 0 Å². The number of nitrogens with zero attached hydrogens (tertiary/aromatic N) is 1. The third kappa shape index (κ3) is 4.07. The molecule has 2 heterocycles. The van der Waals surface area contributed by atoms with Crippen molar-refractivity contribution < 1.29 is 8.83 Å². The van der Waals surface area contributed by atoms with E-state index >= 15 is 0 Å². The zero-order valence-corrected chi connectivity index (χ0v) is 25.4. The van der Waals surface area contributed by atoms with Crippen molar-refractivity contribution in [3.8, 4) is 11.1 Å². The molecule has 3 heteroatoms. The largest absolute Gasteiger partial charge is 0.456 e. The van der Waals surface area contributed by atoms with Gasteiger partial charge in [0.05, 0.1) is 0 Å². The van der Waals surface area contributed by atoms with Gasteiger partial charge in [-0.2, -0.15) is 0 Å². The molecule has 47 heavy (non-hydrogen) atoms. The molecule has 2 aromatic heterocycles. The summed E-state index contributed by atoms with van der Waals surface area (Å²) in [4.78, 5) is 2.32. The summed E-state index contributed by atoms with van der Waals surface area (Å²) in [7, 11) is 0. The summed E-state index contributed by atoms with van der Waals surface area (Å²) < 4.78 is 12.6. The average molecular weight is 602 g/mol. The van der Waals surface area contributed by atoms with Crippen molar-refractivity contribution in [1.29, 1.82) is 0 Å². The standard InChI is InChI=1S/C44H27NO2/c1-2-10-28(11-3-1)39-25-29-24-30(18-21-33(29)34-12-4-5-13-35(34)39)45(31-20-23-43-40(26-31)37-15-7-9-17-42(37)46-43)32-19-22-38-36-14-6-8-16-41(36)47-44(38)27-32/h1-27H. The molecule has 0 fully saturated rings. The molecule has 0 N–H and O–H groups in total. The molecule has 0 aliphatic rings. The summed E-state index contributed by atoms with van der Waals surface area (Å²) in [5, 5.41) is 9.34. The van der Waals surface area contributed by atoms with Crippen LogP contribution in [-0.4, -0.2) is 0 Å². The fraction of sp³-hybridized carbons (Fsp3) is 0. The van der Waals surface area contributed by atoms with Gasteiger partial charge in [0.2, 0.25) is 0 Å². The topological polar surface area (TPSA) is 29.5 Å². The molecular formula is C44H27NO2. The highest BCUT2D eigenvalue weighted by atomic mass is 16.3. The van der Waals surface area contributed by atoms with Crippen molar-refractivity contribution in [3.05, 3.63) is 164 Å². The van der Waals surface area contributed by atoms with Gasteiger partial charge in [0, 0.05) is 44.7 Å². The summed E-state index contributed by atoms with van der Waals surface area (Å²) in [5.41, 5.74) is 9.09. The van der Waals surface area contributed by atoms with Crippen LogP contribution in [0.3, 0.4) is 0 Å². The Balaban J connectivity index is 1.23. The summed E-state index contributed by atoms with van der Waals surface area (Å²) in [6, 6.07) is 58.0. The zero-order valence-electron chi connectivity index (χ0n) is 25.4. The van der Waals surface area contributed by atoms with Gasteiger partial charge in [-0.1, -0.05) is 97.1 Å². The molecule has 0 saturated carbocycles. The van der Waals surface area contributed by atoms with Crippen LogP contribution in [-0.2, 0) is 0 Å². The molecule has 10 aromatic rings. The number of anilines is 3. The van der Waals surface area contributed by atoms with Crippen LogP contribution in [0.4, 0.5) is 17.1 Å². The van der Waals surface area contributed by atoms with Crippen molar-refractivity contribution in [3.63, 3.8) is 0 Å². The van der Waals surface area contributed by atoms with Gasteiger partial charge >= 0.3 is 0 Å². The quantitative estimate of drug-likeness (QED) is 0.188. The zero-order chi connectivity index (χ0) is 30.9. The molecule has 0 aliphatic heterocycles. The Labute approximate surface area is 270 Å². The number of rotatable bonds is 4. The Kier molecular flexibility index (Phi) is 5.57. The number of para-hydroxylation sites is 2. The van der Waals surface area contributed by atoms with Crippen molar-refractivity contribution in [2.45, 2.75) is 0 Å². The molecule has 0 saturated heterocycles. The van der Waals surface area contributed by atoms with Gasteiger partial charge in [-0.05, 0) is 93.3 Å². The monoisotopic (exact) mass is 601 g/mol. The van der Waals surface area contributed by atoms with Gasteiger partial charge in [-0.25, -0.2) is 0 Å². The van der Waals surface area contributed by atoms with Crippen LogP contribution < -0.4 is 4.90 Å². The predicted molar refractivity (Wildman–Crippen MR) is 196 cm³/mol. The Hall–Kier alpha value is -6.32. The molecule has 220 valence electrons. The molecule has 0 aliphatic carbocycles. The van der Waals surface area contributed by atoms with Gasteiger partial charge in [0.15, 0.2) is 0 Å². The molecule has 3 nitrogen and oxygen atoms in total. The third-order valence-electron chi connectivity index (χ3n) is 9.42. The van der Waals surface area contributed by atoms with Gasteiger partial charge in [-0.15, -0.1) is 0 Å². The number of hydrogen-bond acceptors (Lipinski definition) is 3. The molecule has 0 bridgehead atoms. The first kappa shape index (κ1) is 26.0. The van der Waals surface area contributed by atoms with Crippen LogP contribution >= 0.6 is 0 Å². The molecule has 0 unspecified atom stereocenters. The highest BCUT2D eigenvalue weighted by molar-refractivity contribution is 6.15. The molecule has 0 spiro atoms. The van der Waals surface area contributed by atoms with E-state index in [1.165, 1.54) is 32.7 Å². The Morgan fingerprint density at radius 3 is 1.64 bits per heavy atom. The molecular weight excluding hydrogens is 574 g/mol. The first-order valence-corrected chi connectivity index (χ1v) is 15.9. The first-order valence-electron chi connectivity index (χ1n) is 15.9. The number of fused-ring (bicyclic) bond motifs is 9. The van der Waals surface area contributed by atoms with E-state index < -0.39 is 0 Å². The Bertz CT molecular complexity index is 2810. The van der Waals surface area contributed by atoms with E-state index in [1.54, 1.807) is 0 Å². The van der Waals surface area contributed by atoms with E-state index in [4.69, 9.17) is 8.83 Å². The lowest BCUT2D eigenvalue weighted by Gasteiger charge is -2.26. The maximum absolute atomic E-state index is 6.37. The van der Waals surface area contributed by atoms with E-state index in [-0.39, 0.29) is 0 Å². The lowest BCUT2D eigenvalue weighted by Crippen LogP contribution is -2.09. The van der Waals surface area contributed by atoms with Crippen molar-refractivity contribution in [2.75, 3.05) is 4.90 Å². The molecule has 8 aromatic carbocycles. The summed E-state index contributed by atoms with van der Waals surface area (Å²) in [6.45, 7) is 0. The van der Waals surface area contributed by atoms with Crippen LogP contribution in [0.15, 0.2) is 173 Å². The maximum Gasteiger partial charge on any atom is 0.137 e. The summed E-state index contributed by atoms with van der Waals surface area (Å²) in [6.07, 6.45) is 0. The third-order valence-corrected chi connectivity index (χ3v) is 9.42. The van der Waals surface area contributed by atoms with Crippen molar-refractivity contribution in [1.82, 2.24) is 0 Å². The number of furan rings is 2. The second kappa shape index (κ2) is 10.1. The fourth-order valence-corrected chi connectivity index (χ4v) is 7.25. The highest BCUT2D eigenvalue weighted by Gasteiger charge is 2.19. The van der Waals surface area contributed by atoms with Crippen LogP contribution in [0.25, 0.3) is 76.5 Å². The lowest BCUT2D eigenvalue weighted by molar-refractivity contribution is 0.668. The predicted octanol–water partition coefficient (Wildman–Crippen LogP) is 12.9. The van der Waals surface area contributed by atoms with E-state index in [9.17, 15) is 0 Å². The molecule has 0 radical (unpaired) electrons. The fourth-order valence-electron chi connectivity index (χ4n) is 7.25. The number of benzene rings is 8. The Morgan fingerprint density at radius 1 is 0.319 bits per heavy atom. The smallest absolute Gasteiger partial charge is 0.137 e. The molecule has 10 rings (SSSR count). The SMILES string of the molecule is c1ccc(-c2cc3cc(N(c4ccc5c(c4)oc4ccccc45)c4ccc5oc6ccccc6c5c4)ccc3c3ccccc23)cc1. The average Bonchev–Trinajstić information content (AvgIpc) is 3.69. The summed E-state index contributed by atoms with van der Waals surface area (Å²) >= 11 is 0. The van der Waals surface area contributed by atoms with Gasteiger partial charge in [0.1, 0.15) is 22.3 Å². The normalized spacial score (nSPS) is 11.8. The van der Waals surface area contributed by atoms with E-state index in [0.717, 1.165) is 60.9 Å². The first-order chi connectivity index (χ1) is 23.3. The van der Waals surface area contributed by atoms with E-state index in [2.05, 4.69) is 144 Å². The van der Waals surface area contributed by atoms with Crippen LogP contribution in [0.5, 0.6) is 0 Å². The molecule has 0 amide bonds. The van der Waals surface area contributed by atoms with Crippen LogP contribution in [0, 0.1) is 0 Å². The van der Waals surface area contributed by atoms with Crippen LogP contribution in [0.2, 0.25) is 0 Å². The van der Waals surface area contributed by atoms with Gasteiger partial charge in [-0.3, -0.25) is 0 Å². The minimum absolute atomic E-state index is 0.863. The van der Waals surface area contributed by atoms with E-state index in [1.807, 2.05) is 24.3 Å². The molecule has 0 atom stereocenters. The van der Waals surface area contributed by atoms with Gasteiger partial charge in [0.25, 0.3) is 0 Å². The minimum Gasteiger partial charge on any atom is -0.456 e. The van der Waals surface area contributed by atoms with Crippen LogP contribution in [0.1, 0.15) is 0 Å². The van der Waals surface area contributed by atoms with E-state index in [0.29, 0.717) is 0 Å². The number of hydrogen-bond donors (Lipinski definition) is 0. The maximum atomic E-state index is 6.37. The summed E-state index contributed by atoms with van der Waals surface area (Å²) in [5.74, 6) is 0. The second-order valence-electron chi connectivity index (χ2n) is 12.1.